The summed E-state index contributed by atoms with van der Waals surface area (Å²) in [6.45, 7) is -0.658. The van der Waals surface area contributed by atoms with E-state index in [0.717, 1.165) is 9.80 Å². The van der Waals surface area contributed by atoms with Crippen LogP contribution in [0.2, 0.25) is 0 Å². The Morgan fingerprint density at radius 2 is 1.86 bits per heavy atom. The Kier molecular flexibility index (Phi) is 5.43. The standard InChI is InChI=1S/C23H22Cl2N2O8/c1-26-20(33)22(24)8-13-11(17(23(22,25)21(26)34)14-5-2-10(9-28)35-14)3-4-12-16(13)19(32)27(18(12)31)7-6-15(29)30/h2-3,5,12-13,16-17,28H,4,6-9H2,1H3,(H,29,30)/t12-,13+,16-,17+,22+,23-/m0/s1. The zero-order chi connectivity index (χ0) is 25.4. The van der Waals surface area contributed by atoms with Gasteiger partial charge < -0.3 is 14.6 Å². The number of carboxylic acid groups (broad SMARTS) is 1. The first-order valence-electron chi connectivity index (χ1n) is 11.1. The van der Waals surface area contributed by atoms with Crippen molar-refractivity contribution in [2.75, 3.05) is 13.6 Å². The van der Waals surface area contributed by atoms with Gasteiger partial charge in [0.15, 0.2) is 9.75 Å². The lowest BCUT2D eigenvalue weighted by molar-refractivity contribution is -0.143. The van der Waals surface area contributed by atoms with Crippen LogP contribution in [0.4, 0.5) is 0 Å². The van der Waals surface area contributed by atoms with Crippen LogP contribution in [0.15, 0.2) is 28.2 Å². The predicted octanol–water partition coefficient (Wildman–Crippen LogP) is 1.24. The van der Waals surface area contributed by atoms with E-state index in [-0.39, 0.29) is 37.3 Å². The lowest BCUT2D eigenvalue weighted by Gasteiger charge is -2.49. The first-order chi connectivity index (χ1) is 16.5. The topological polar surface area (TPSA) is 145 Å². The minimum absolute atomic E-state index is 0.157. The van der Waals surface area contributed by atoms with Gasteiger partial charge in [0.05, 0.1) is 24.2 Å². The van der Waals surface area contributed by atoms with E-state index >= 15 is 0 Å². The summed E-state index contributed by atoms with van der Waals surface area (Å²) in [5, 5.41) is 18.5. The lowest BCUT2D eigenvalue weighted by atomic mass is 9.57. The molecule has 186 valence electrons. The average molecular weight is 525 g/mol. The quantitative estimate of drug-likeness (QED) is 0.332. The van der Waals surface area contributed by atoms with Crippen LogP contribution >= 0.6 is 23.2 Å². The van der Waals surface area contributed by atoms with Gasteiger partial charge in [-0.15, -0.1) is 23.2 Å². The van der Waals surface area contributed by atoms with Gasteiger partial charge in [-0.25, -0.2) is 0 Å². The van der Waals surface area contributed by atoms with Gasteiger partial charge in [-0.1, -0.05) is 11.6 Å². The van der Waals surface area contributed by atoms with E-state index in [4.69, 9.17) is 32.7 Å². The summed E-state index contributed by atoms with van der Waals surface area (Å²) in [7, 11) is 1.29. The summed E-state index contributed by atoms with van der Waals surface area (Å²) < 4.78 is 5.76. The van der Waals surface area contributed by atoms with Crippen LogP contribution in [0, 0.1) is 17.8 Å². The van der Waals surface area contributed by atoms with Crippen molar-refractivity contribution >= 4 is 52.8 Å². The number of imide groups is 2. The molecule has 0 spiro atoms. The fraction of sp³-hybridized carbons (Fsp3) is 0.522. The highest BCUT2D eigenvalue weighted by atomic mass is 35.5. The largest absolute Gasteiger partial charge is 0.481 e. The third kappa shape index (κ3) is 3.02. The van der Waals surface area contributed by atoms with Crippen LogP contribution in [-0.2, 0) is 30.6 Å². The van der Waals surface area contributed by atoms with Crippen molar-refractivity contribution in [2.24, 2.45) is 17.8 Å². The molecule has 12 heteroatoms. The van der Waals surface area contributed by atoms with Gasteiger partial charge in [-0.2, -0.15) is 0 Å². The number of rotatable bonds is 5. The third-order valence-corrected chi connectivity index (χ3v) is 9.19. The molecule has 4 amide bonds. The molecule has 3 fully saturated rings. The van der Waals surface area contributed by atoms with Crippen molar-refractivity contribution in [2.45, 2.75) is 41.5 Å². The smallest absolute Gasteiger partial charge is 0.305 e. The van der Waals surface area contributed by atoms with E-state index in [1.807, 2.05) is 0 Å². The number of likely N-dealkylation sites (tertiary alicyclic amines) is 2. The Bertz CT molecular complexity index is 1210. The van der Waals surface area contributed by atoms with E-state index in [2.05, 4.69) is 0 Å². The summed E-state index contributed by atoms with van der Waals surface area (Å²) in [4.78, 5) is 62.0. The number of carbonyl (C=O) groups excluding carboxylic acids is 4. The summed E-state index contributed by atoms with van der Waals surface area (Å²) >= 11 is 13.9. The SMILES string of the molecule is CN1C(=O)[C@]2(Cl)C[C@@H]3C(=CC[C@@H]4C(=O)N(CCC(=O)O)C(=O)[C@@H]43)[C@H](c3ccc(CO)o3)[C@]2(Cl)C1=O. The highest BCUT2D eigenvalue weighted by Crippen LogP contribution is 2.65. The van der Waals surface area contributed by atoms with Gasteiger partial charge in [-0.05, 0) is 30.9 Å². The summed E-state index contributed by atoms with van der Waals surface area (Å²) in [5.41, 5.74) is 0.564. The van der Waals surface area contributed by atoms with Crippen molar-refractivity contribution in [1.82, 2.24) is 9.80 Å². The second-order valence-corrected chi connectivity index (χ2v) is 10.7. The molecule has 1 aromatic heterocycles. The summed E-state index contributed by atoms with van der Waals surface area (Å²) in [6.07, 6.45) is 1.38. The fourth-order valence-corrected chi connectivity index (χ4v) is 7.18. The molecule has 4 aliphatic rings. The van der Waals surface area contributed by atoms with Gasteiger partial charge in [0.25, 0.3) is 11.8 Å². The normalized spacial score (nSPS) is 36.3. The van der Waals surface area contributed by atoms with Crippen LogP contribution in [0.25, 0.3) is 0 Å². The van der Waals surface area contributed by atoms with E-state index < -0.39 is 69.6 Å². The number of nitrogens with zero attached hydrogens (tertiary/aromatic N) is 2. The van der Waals surface area contributed by atoms with E-state index in [1.165, 1.54) is 13.1 Å². The number of alkyl halides is 2. The van der Waals surface area contributed by atoms with Crippen molar-refractivity contribution in [3.63, 3.8) is 0 Å². The van der Waals surface area contributed by atoms with E-state index in [0.29, 0.717) is 5.57 Å². The lowest BCUT2D eigenvalue weighted by Crippen LogP contribution is -2.60. The minimum atomic E-state index is -1.95. The van der Waals surface area contributed by atoms with Gasteiger partial charge in [0, 0.05) is 13.6 Å². The Morgan fingerprint density at radius 3 is 2.49 bits per heavy atom. The molecule has 0 radical (unpaired) electrons. The monoisotopic (exact) mass is 524 g/mol. The van der Waals surface area contributed by atoms with Crippen LogP contribution in [-0.4, -0.2) is 73.0 Å². The highest BCUT2D eigenvalue weighted by Gasteiger charge is 2.76. The van der Waals surface area contributed by atoms with Crippen molar-refractivity contribution in [3.8, 4) is 0 Å². The number of halogens is 2. The average Bonchev–Trinajstić information content (AvgIpc) is 3.42. The number of aliphatic hydroxyl groups is 1. The predicted molar refractivity (Wildman–Crippen MR) is 119 cm³/mol. The Hall–Kier alpha value is -2.69. The molecule has 5 rings (SSSR count). The molecule has 35 heavy (non-hydrogen) atoms. The Morgan fingerprint density at radius 1 is 1.14 bits per heavy atom. The van der Waals surface area contributed by atoms with Crippen LogP contribution in [0.5, 0.6) is 0 Å². The van der Waals surface area contributed by atoms with Gasteiger partial charge in [0.1, 0.15) is 18.1 Å². The number of carboxylic acids is 1. The maximum atomic E-state index is 13.4. The minimum Gasteiger partial charge on any atom is -0.481 e. The molecule has 10 nitrogen and oxygen atoms in total. The number of aliphatic hydroxyl groups excluding tert-OH is 1. The molecule has 1 saturated carbocycles. The summed E-state index contributed by atoms with van der Waals surface area (Å²) in [5.74, 6) is -6.47. The summed E-state index contributed by atoms with van der Waals surface area (Å²) in [6, 6.07) is 3.06. The first-order valence-corrected chi connectivity index (χ1v) is 11.9. The molecule has 2 N–H and O–H groups in total. The van der Waals surface area contributed by atoms with Gasteiger partial charge >= 0.3 is 5.97 Å². The zero-order valence-electron chi connectivity index (χ0n) is 18.6. The molecule has 0 unspecified atom stereocenters. The number of amides is 4. The second-order valence-electron chi connectivity index (χ2n) is 9.43. The molecule has 2 aliphatic carbocycles. The van der Waals surface area contributed by atoms with Crippen LogP contribution < -0.4 is 0 Å². The molecule has 0 aromatic carbocycles. The molecular formula is C23H22Cl2N2O8. The van der Waals surface area contributed by atoms with Crippen LogP contribution in [0.3, 0.4) is 0 Å². The van der Waals surface area contributed by atoms with Gasteiger partial charge in [-0.3, -0.25) is 33.8 Å². The van der Waals surface area contributed by atoms with E-state index in [9.17, 15) is 29.1 Å². The van der Waals surface area contributed by atoms with Crippen molar-refractivity contribution in [1.29, 1.82) is 0 Å². The number of allylic oxidation sites excluding steroid dienone is 2. The number of carbonyl (C=O) groups is 5. The number of hydrogen-bond donors (Lipinski definition) is 2. The highest BCUT2D eigenvalue weighted by molar-refractivity contribution is 6.53. The zero-order valence-corrected chi connectivity index (χ0v) is 20.1. The number of hydrogen-bond acceptors (Lipinski definition) is 7. The fourth-order valence-electron chi connectivity index (χ4n) is 6.18. The van der Waals surface area contributed by atoms with E-state index in [1.54, 1.807) is 12.1 Å². The maximum absolute atomic E-state index is 13.4. The molecule has 2 aliphatic heterocycles. The molecule has 0 bridgehead atoms. The molecule has 6 atom stereocenters. The Labute approximate surface area is 209 Å². The molecule has 2 saturated heterocycles. The molecule has 3 heterocycles. The van der Waals surface area contributed by atoms with Gasteiger partial charge in [0.2, 0.25) is 11.8 Å². The number of fused-ring (bicyclic) bond motifs is 4. The Balaban J connectivity index is 1.64. The second kappa shape index (κ2) is 7.91. The third-order valence-electron chi connectivity index (χ3n) is 7.78. The maximum Gasteiger partial charge on any atom is 0.305 e. The van der Waals surface area contributed by atoms with Crippen molar-refractivity contribution in [3.05, 3.63) is 35.3 Å². The molecular weight excluding hydrogens is 503 g/mol. The number of aliphatic carboxylic acids is 1. The first kappa shape index (κ1) is 24.0. The van der Waals surface area contributed by atoms with Crippen molar-refractivity contribution < 1.29 is 38.6 Å². The van der Waals surface area contributed by atoms with Crippen LogP contribution in [0.1, 0.15) is 36.7 Å². The number of furan rings is 1. The molecule has 1 aromatic rings.